The number of carbonyl (C=O) groups excluding carboxylic acids is 3. The van der Waals surface area contributed by atoms with Crippen molar-refractivity contribution in [3.05, 3.63) is 71.3 Å². The van der Waals surface area contributed by atoms with Gasteiger partial charge in [0, 0.05) is 6.42 Å². The summed E-state index contributed by atoms with van der Waals surface area (Å²) in [4.78, 5) is 38.3. The molecule has 6 heteroatoms. The van der Waals surface area contributed by atoms with Gasteiger partial charge in [0.25, 0.3) is 0 Å². The molecule has 0 amide bonds. The number of carbonyl (C=O) groups is 3. The molecule has 1 aliphatic carbocycles. The summed E-state index contributed by atoms with van der Waals surface area (Å²) in [7, 11) is 1.42. The van der Waals surface area contributed by atoms with Crippen LogP contribution >= 0.6 is 0 Å². The van der Waals surface area contributed by atoms with Crippen LogP contribution in [0.1, 0.15) is 70.1 Å². The Morgan fingerprint density at radius 2 is 1.58 bits per heavy atom. The van der Waals surface area contributed by atoms with E-state index >= 15 is 0 Å². The molecule has 1 unspecified atom stereocenters. The zero-order chi connectivity index (χ0) is 26.4. The van der Waals surface area contributed by atoms with Crippen molar-refractivity contribution in [3.63, 3.8) is 0 Å². The van der Waals surface area contributed by atoms with Gasteiger partial charge < -0.3 is 14.2 Å². The number of esters is 2. The Bertz CT molecular complexity index is 1060. The van der Waals surface area contributed by atoms with Crippen LogP contribution in [0, 0.1) is 5.41 Å². The van der Waals surface area contributed by atoms with Crippen molar-refractivity contribution >= 4 is 17.7 Å². The number of ketones is 1. The van der Waals surface area contributed by atoms with Crippen molar-refractivity contribution in [2.75, 3.05) is 13.7 Å². The lowest BCUT2D eigenvalue weighted by Gasteiger charge is -2.32. The normalized spacial score (nSPS) is 16.0. The van der Waals surface area contributed by atoms with Gasteiger partial charge in [-0.15, -0.1) is 0 Å². The van der Waals surface area contributed by atoms with E-state index in [2.05, 4.69) is 0 Å². The topological polar surface area (TPSA) is 78.9 Å². The van der Waals surface area contributed by atoms with Gasteiger partial charge in [0.05, 0.1) is 24.5 Å². The van der Waals surface area contributed by atoms with Gasteiger partial charge in [0.2, 0.25) is 0 Å². The number of hydrogen-bond donors (Lipinski definition) is 0. The van der Waals surface area contributed by atoms with Crippen molar-refractivity contribution in [2.45, 2.75) is 77.4 Å². The SMILES string of the molecule is COC(=O)C1(Cc2cccc(C(C)(CCC(=O)COCc3ccccc3)C(=O)OC(C)(C)C)c2)CC1. The van der Waals surface area contributed by atoms with Gasteiger partial charge in [-0.3, -0.25) is 14.4 Å². The third-order valence-electron chi connectivity index (χ3n) is 6.71. The average Bonchev–Trinajstić information content (AvgIpc) is 3.62. The maximum Gasteiger partial charge on any atom is 0.316 e. The van der Waals surface area contributed by atoms with Crippen LogP contribution in [0.5, 0.6) is 0 Å². The third-order valence-corrected chi connectivity index (χ3v) is 6.71. The molecular formula is C30H38O6. The van der Waals surface area contributed by atoms with E-state index in [9.17, 15) is 14.4 Å². The average molecular weight is 495 g/mol. The second kappa shape index (κ2) is 11.4. The lowest BCUT2D eigenvalue weighted by atomic mass is 9.77. The lowest BCUT2D eigenvalue weighted by Crippen LogP contribution is -2.39. The zero-order valence-electron chi connectivity index (χ0n) is 22.1. The van der Waals surface area contributed by atoms with Crippen molar-refractivity contribution in [2.24, 2.45) is 5.41 Å². The summed E-state index contributed by atoms with van der Waals surface area (Å²) < 4.78 is 16.4. The van der Waals surface area contributed by atoms with E-state index in [1.54, 1.807) is 0 Å². The Morgan fingerprint density at radius 1 is 0.917 bits per heavy atom. The highest BCUT2D eigenvalue weighted by atomic mass is 16.6. The van der Waals surface area contributed by atoms with E-state index < -0.39 is 16.4 Å². The van der Waals surface area contributed by atoms with E-state index in [0.717, 1.165) is 29.5 Å². The Balaban J connectivity index is 1.73. The first kappa shape index (κ1) is 27.6. The first-order valence-corrected chi connectivity index (χ1v) is 12.5. The molecule has 0 bridgehead atoms. The lowest BCUT2D eigenvalue weighted by molar-refractivity contribution is -0.162. The summed E-state index contributed by atoms with van der Waals surface area (Å²) >= 11 is 0. The van der Waals surface area contributed by atoms with Gasteiger partial charge in [-0.25, -0.2) is 0 Å². The number of hydrogen-bond acceptors (Lipinski definition) is 6. The van der Waals surface area contributed by atoms with Crippen LogP contribution in [0.4, 0.5) is 0 Å². The molecule has 3 rings (SSSR count). The Hall–Kier alpha value is -2.99. The molecule has 0 spiro atoms. The fourth-order valence-electron chi connectivity index (χ4n) is 4.31. The molecular weight excluding hydrogens is 456 g/mol. The summed E-state index contributed by atoms with van der Waals surface area (Å²) in [5.74, 6) is -0.636. The number of benzene rings is 2. The van der Waals surface area contributed by atoms with Crippen LogP contribution in [-0.2, 0) is 47.0 Å². The highest BCUT2D eigenvalue weighted by Gasteiger charge is 2.51. The molecule has 1 saturated carbocycles. The highest BCUT2D eigenvalue weighted by Crippen LogP contribution is 2.49. The maximum absolute atomic E-state index is 13.4. The van der Waals surface area contributed by atoms with Gasteiger partial charge >= 0.3 is 11.9 Å². The van der Waals surface area contributed by atoms with Crippen molar-refractivity contribution < 1.29 is 28.6 Å². The first-order chi connectivity index (χ1) is 17.0. The molecule has 0 aliphatic heterocycles. The quantitative estimate of drug-likeness (QED) is 0.370. The van der Waals surface area contributed by atoms with E-state index in [-0.39, 0.29) is 30.7 Å². The molecule has 0 heterocycles. The minimum absolute atomic E-state index is 0.0129. The fourth-order valence-corrected chi connectivity index (χ4v) is 4.31. The smallest absolute Gasteiger partial charge is 0.316 e. The fraction of sp³-hybridized carbons (Fsp3) is 0.500. The summed E-state index contributed by atoms with van der Waals surface area (Å²) in [6.07, 6.45) is 2.63. The zero-order valence-corrected chi connectivity index (χ0v) is 22.1. The van der Waals surface area contributed by atoms with Crippen molar-refractivity contribution in [3.8, 4) is 0 Å². The van der Waals surface area contributed by atoms with Crippen LogP contribution in [-0.4, -0.2) is 37.0 Å². The van der Waals surface area contributed by atoms with Gasteiger partial charge in [0.15, 0.2) is 5.78 Å². The Labute approximate surface area is 214 Å². The maximum atomic E-state index is 13.4. The predicted molar refractivity (Wildman–Crippen MR) is 137 cm³/mol. The molecule has 0 saturated heterocycles. The van der Waals surface area contributed by atoms with Gasteiger partial charge in [0.1, 0.15) is 12.2 Å². The third kappa shape index (κ3) is 7.26. The molecule has 0 N–H and O–H groups in total. The van der Waals surface area contributed by atoms with E-state index in [0.29, 0.717) is 19.4 Å². The molecule has 2 aromatic carbocycles. The molecule has 0 aromatic heterocycles. The van der Waals surface area contributed by atoms with Crippen LogP contribution in [0.2, 0.25) is 0 Å². The van der Waals surface area contributed by atoms with Crippen LogP contribution in [0.15, 0.2) is 54.6 Å². The molecule has 0 radical (unpaired) electrons. The number of rotatable bonds is 12. The summed E-state index contributed by atoms with van der Waals surface area (Å²) in [5, 5.41) is 0. The molecule has 194 valence electrons. The van der Waals surface area contributed by atoms with Gasteiger partial charge in [-0.1, -0.05) is 54.6 Å². The second-order valence-electron chi connectivity index (χ2n) is 11.0. The number of Topliss-reactive ketones (excluding diaryl/α,β-unsaturated/α-hetero) is 1. The number of methoxy groups -OCH3 is 1. The number of ether oxygens (including phenoxy) is 3. The minimum Gasteiger partial charge on any atom is -0.469 e. The summed E-state index contributed by atoms with van der Waals surface area (Å²) in [6.45, 7) is 7.67. The van der Waals surface area contributed by atoms with Crippen molar-refractivity contribution in [1.29, 1.82) is 0 Å². The molecule has 1 fully saturated rings. The highest BCUT2D eigenvalue weighted by molar-refractivity contribution is 5.85. The minimum atomic E-state index is -1.03. The second-order valence-corrected chi connectivity index (χ2v) is 11.0. The van der Waals surface area contributed by atoms with Gasteiger partial charge in [-0.05, 0) is 70.1 Å². The van der Waals surface area contributed by atoms with E-state index in [4.69, 9.17) is 14.2 Å². The van der Waals surface area contributed by atoms with Crippen LogP contribution < -0.4 is 0 Å². The standard InChI is InChI=1S/C30H38O6/c1-28(2,3)36-26(32)29(4,15-14-25(31)21-35-20-22-10-7-6-8-11-22)24-13-9-12-23(18-24)19-30(16-17-30)27(33)34-5/h6-13,18H,14-17,19-21H2,1-5H3. The molecule has 1 aliphatic rings. The molecule has 6 nitrogen and oxygen atoms in total. The first-order valence-electron chi connectivity index (χ1n) is 12.5. The molecule has 1 atom stereocenters. The van der Waals surface area contributed by atoms with Gasteiger partial charge in [-0.2, -0.15) is 0 Å². The molecule has 2 aromatic rings. The van der Waals surface area contributed by atoms with Crippen molar-refractivity contribution in [1.82, 2.24) is 0 Å². The predicted octanol–water partition coefficient (Wildman–Crippen LogP) is 5.35. The monoisotopic (exact) mass is 494 g/mol. The Morgan fingerprint density at radius 3 is 2.19 bits per heavy atom. The largest absolute Gasteiger partial charge is 0.469 e. The van der Waals surface area contributed by atoms with E-state index in [1.807, 2.05) is 82.3 Å². The Kier molecular flexibility index (Phi) is 8.72. The van der Waals surface area contributed by atoms with Crippen LogP contribution in [0.3, 0.4) is 0 Å². The summed E-state index contributed by atoms with van der Waals surface area (Å²) in [5.41, 5.74) is 0.570. The van der Waals surface area contributed by atoms with E-state index in [1.165, 1.54) is 7.11 Å². The summed E-state index contributed by atoms with van der Waals surface area (Å²) in [6, 6.07) is 17.4. The molecule has 36 heavy (non-hydrogen) atoms. The van der Waals surface area contributed by atoms with Crippen LogP contribution in [0.25, 0.3) is 0 Å².